The second-order valence-electron chi connectivity index (χ2n) is 8.58. The van der Waals surface area contributed by atoms with Crippen molar-refractivity contribution in [2.75, 3.05) is 29.9 Å². The summed E-state index contributed by atoms with van der Waals surface area (Å²) in [7, 11) is 0. The molecule has 174 valence electrons. The molecule has 0 radical (unpaired) electrons. The van der Waals surface area contributed by atoms with Gasteiger partial charge < -0.3 is 15.5 Å². The van der Waals surface area contributed by atoms with Gasteiger partial charge in [0.15, 0.2) is 0 Å². The number of amides is 4. The van der Waals surface area contributed by atoms with Crippen molar-refractivity contribution in [2.24, 2.45) is 0 Å². The third-order valence-electron chi connectivity index (χ3n) is 6.47. The van der Waals surface area contributed by atoms with E-state index in [2.05, 4.69) is 15.5 Å². The fourth-order valence-electron chi connectivity index (χ4n) is 4.57. The van der Waals surface area contributed by atoms with E-state index in [4.69, 9.17) is 0 Å². The van der Waals surface area contributed by atoms with Gasteiger partial charge in [0, 0.05) is 24.5 Å². The highest BCUT2D eigenvalue weighted by atomic mass is 19.1. The van der Waals surface area contributed by atoms with Crippen LogP contribution in [0.2, 0.25) is 0 Å². The van der Waals surface area contributed by atoms with E-state index in [0.29, 0.717) is 11.3 Å². The fourth-order valence-corrected chi connectivity index (χ4v) is 4.57. The Bertz CT molecular complexity index is 1020. The first-order valence-corrected chi connectivity index (χ1v) is 11.5. The molecule has 4 amide bonds. The zero-order valence-corrected chi connectivity index (χ0v) is 18.8. The molecule has 0 bridgehead atoms. The van der Waals surface area contributed by atoms with Gasteiger partial charge in [-0.15, -0.1) is 0 Å². The van der Waals surface area contributed by atoms with Crippen molar-refractivity contribution in [3.63, 3.8) is 0 Å². The molecule has 2 aliphatic rings. The molecule has 1 atom stereocenters. The lowest BCUT2D eigenvalue weighted by Gasteiger charge is -2.25. The minimum Gasteiger partial charge on any atom is -0.372 e. The Hall–Kier alpha value is -3.42. The van der Waals surface area contributed by atoms with E-state index in [1.165, 1.54) is 49.9 Å². The molecule has 2 saturated heterocycles. The van der Waals surface area contributed by atoms with E-state index in [1.54, 1.807) is 6.92 Å². The summed E-state index contributed by atoms with van der Waals surface area (Å²) in [6.45, 7) is 3.43. The van der Waals surface area contributed by atoms with Crippen LogP contribution < -0.4 is 15.5 Å². The van der Waals surface area contributed by atoms with Crippen LogP contribution in [0, 0.1) is 5.82 Å². The van der Waals surface area contributed by atoms with Crippen LogP contribution in [-0.2, 0) is 15.1 Å². The average Bonchev–Trinajstić information content (AvgIpc) is 2.99. The number of urea groups is 1. The molecule has 0 aromatic heterocycles. The van der Waals surface area contributed by atoms with Crippen LogP contribution in [0.4, 0.5) is 20.6 Å². The summed E-state index contributed by atoms with van der Waals surface area (Å²) >= 11 is 0. The maximum atomic E-state index is 13.3. The molecule has 33 heavy (non-hydrogen) atoms. The number of carbonyl (C=O) groups is 3. The standard InChI is InChI=1S/C25H29FN4O3/c1-2-25(18-7-9-19(26)10-8-18)23(32)30(24(33)28-25)17-22(31)27-20-11-13-21(14-12-20)29-15-5-3-4-6-16-29/h7-14H,2-6,15-17H2,1H3,(H,27,31)(H,28,33)/t25-/m0/s1. The highest BCUT2D eigenvalue weighted by Gasteiger charge is 2.51. The second kappa shape index (κ2) is 9.60. The van der Waals surface area contributed by atoms with Crippen molar-refractivity contribution >= 4 is 29.2 Å². The maximum absolute atomic E-state index is 13.3. The highest BCUT2D eigenvalue weighted by molar-refractivity contribution is 6.10. The lowest BCUT2D eigenvalue weighted by Crippen LogP contribution is -2.44. The highest BCUT2D eigenvalue weighted by Crippen LogP contribution is 2.32. The van der Waals surface area contributed by atoms with Crippen molar-refractivity contribution in [1.29, 1.82) is 0 Å². The molecule has 2 heterocycles. The zero-order chi connectivity index (χ0) is 23.4. The van der Waals surface area contributed by atoms with Crippen molar-refractivity contribution < 1.29 is 18.8 Å². The van der Waals surface area contributed by atoms with Crippen LogP contribution in [0.5, 0.6) is 0 Å². The van der Waals surface area contributed by atoms with Crippen LogP contribution in [0.1, 0.15) is 44.6 Å². The van der Waals surface area contributed by atoms with Gasteiger partial charge in [-0.1, -0.05) is 31.9 Å². The molecule has 0 spiro atoms. The molecule has 2 fully saturated rings. The fraction of sp³-hybridized carbons (Fsp3) is 0.400. The van der Waals surface area contributed by atoms with E-state index in [9.17, 15) is 18.8 Å². The number of rotatable bonds is 6. The number of hydrogen-bond donors (Lipinski definition) is 2. The van der Waals surface area contributed by atoms with Gasteiger partial charge in [-0.25, -0.2) is 9.18 Å². The SMILES string of the molecule is CC[C@@]1(c2ccc(F)cc2)NC(=O)N(CC(=O)Nc2ccc(N3CCCCCC3)cc2)C1=O. The third kappa shape index (κ3) is 4.69. The molecular weight excluding hydrogens is 423 g/mol. The monoisotopic (exact) mass is 452 g/mol. The van der Waals surface area contributed by atoms with Crippen LogP contribution in [0.3, 0.4) is 0 Å². The molecule has 2 aromatic carbocycles. The number of nitrogens with zero attached hydrogens (tertiary/aromatic N) is 2. The first-order chi connectivity index (χ1) is 15.9. The van der Waals surface area contributed by atoms with E-state index < -0.39 is 35.7 Å². The van der Waals surface area contributed by atoms with Crippen molar-refractivity contribution in [3.05, 3.63) is 59.9 Å². The Morgan fingerprint density at radius 2 is 1.64 bits per heavy atom. The molecular formula is C25H29FN4O3. The Kier molecular flexibility index (Phi) is 6.62. The van der Waals surface area contributed by atoms with Crippen molar-refractivity contribution in [2.45, 2.75) is 44.6 Å². The van der Waals surface area contributed by atoms with Crippen LogP contribution in [0.15, 0.2) is 48.5 Å². The Balaban J connectivity index is 1.41. The van der Waals surface area contributed by atoms with Gasteiger partial charge in [-0.3, -0.25) is 14.5 Å². The first-order valence-electron chi connectivity index (χ1n) is 11.5. The number of halogens is 1. The summed E-state index contributed by atoms with van der Waals surface area (Å²) in [6, 6.07) is 12.4. The number of carbonyl (C=O) groups excluding carboxylic acids is 3. The largest absolute Gasteiger partial charge is 0.372 e. The van der Waals surface area contributed by atoms with Crippen LogP contribution >= 0.6 is 0 Å². The quantitative estimate of drug-likeness (QED) is 0.649. The number of benzene rings is 2. The van der Waals surface area contributed by atoms with Gasteiger partial charge in [0.25, 0.3) is 5.91 Å². The van der Waals surface area contributed by atoms with Crippen LogP contribution in [-0.4, -0.2) is 42.4 Å². The zero-order valence-electron chi connectivity index (χ0n) is 18.8. The summed E-state index contributed by atoms with van der Waals surface area (Å²) in [5.41, 5.74) is 0.901. The van der Waals surface area contributed by atoms with Crippen molar-refractivity contribution in [1.82, 2.24) is 10.2 Å². The predicted molar refractivity (Wildman–Crippen MR) is 124 cm³/mol. The molecule has 0 aliphatic carbocycles. The summed E-state index contributed by atoms with van der Waals surface area (Å²) in [4.78, 5) is 41.6. The minimum atomic E-state index is -1.31. The number of anilines is 2. The lowest BCUT2D eigenvalue weighted by atomic mass is 9.87. The molecule has 2 aliphatic heterocycles. The van der Waals surface area contributed by atoms with E-state index >= 15 is 0 Å². The van der Waals surface area contributed by atoms with E-state index in [1.807, 2.05) is 24.3 Å². The number of hydrogen-bond acceptors (Lipinski definition) is 4. The van der Waals surface area contributed by atoms with Crippen molar-refractivity contribution in [3.8, 4) is 0 Å². The molecule has 0 unspecified atom stereocenters. The summed E-state index contributed by atoms with van der Waals surface area (Å²) in [5, 5.41) is 5.46. The first kappa shape index (κ1) is 22.8. The maximum Gasteiger partial charge on any atom is 0.325 e. The Morgan fingerprint density at radius 1 is 1.00 bits per heavy atom. The topological polar surface area (TPSA) is 81.8 Å². The van der Waals surface area contributed by atoms with Gasteiger partial charge in [-0.2, -0.15) is 0 Å². The van der Waals surface area contributed by atoms with Gasteiger partial charge >= 0.3 is 6.03 Å². The second-order valence-corrected chi connectivity index (χ2v) is 8.58. The third-order valence-corrected chi connectivity index (χ3v) is 6.47. The van der Waals surface area contributed by atoms with Crippen LogP contribution in [0.25, 0.3) is 0 Å². The molecule has 7 nitrogen and oxygen atoms in total. The Labute approximate surface area is 192 Å². The molecule has 2 aromatic rings. The number of imide groups is 1. The molecule has 0 saturated carbocycles. The summed E-state index contributed by atoms with van der Waals surface area (Å²) < 4.78 is 13.3. The minimum absolute atomic E-state index is 0.277. The summed E-state index contributed by atoms with van der Waals surface area (Å²) in [5.74, 6) is -1.42. The molecule has 2 N–H and O–H groups in total. The average molecular weight is 453 g/mol. The molecule has 4 rings (SSSR count). The predicted octanol–water partition coefficient (Wildman–Crippen LogP) is 4.00. The van der Waals surface area contributed by atoms with E-state index in [-0.39, 0.29) is 6.42 Å². The Morgan fingerprint density at radius 3 is 2.24 bits per heavy atom. The smallest absolute Gasteiger partial charge is 0.325 e. The summed E-state index contributed by atoms with van der Waals surface area (Å²) in [6.07, 6.45) is 5.16. The number of nitrogens with one attached hydrogen (secondary N) is 2. The molecule has 8 heteroatoms. The van der Waals surface area contributed by atoms with Gasteiger partial charge in [0.05, 0.1) is 0 Å². The normalized spacial score (nSPS) is 21.0. The van der Waals surface area contributed by atoms with Gasteiger partial charge in [-0.05, 0) is 61.2 Å². The lowest BCUT2D eigenvalue weighted by molar-refractivity contribution is -0.134. The van der Waals surface area contributed by atoms with E-state index in [0.717, 1.165) is 23.7 Å². The van der Waals surface area contributed by atoms with Gasteiger partial charge in [0.1, 0.15) is 17.9 Å². The van der Waals surface area contributed by atoms with Gasteiger partial charge in [0.2, 0.25) is 5.91 Å².